The SMILES string of the molecule is Cc1cccc(C(C)C)c1NS(=O)(=O)CCl. The molecule has 0 aliphatic carbocycles. The second-order valence-electron chi connectivity index (χ2n) is 4.02. The quantitative estimate of drug-likeness (QED) is 0.847. The lowest BCUT2D eigenvalue weighted by Crippen LogP contribution is -2.16. The first-order valence-corrected chi connectivity index (χ1v) is 7.22. The maximum atomic E-state index is 11.5. The summed E-state index contributed by atoms with van der Waals surface area (Å²) in [4.78, 5) is 0. The van der Waals surface area contributed by atoms with Crippen LogP contribution in [0.15, 0.2) is 18.2 Å². The van der Waals surface area contributed by atoms with Gasteiger partial charge in [-0.15, -0.1) is 11.6 Å². The molecule has 0 saturated heterocycles. The van der Waals surface area contributed by atoms with Crippen molar-refractivity contribution in [2.75, 3.05) is 9.93 Å². The van der Waals surface area contributed by atoms with E-state index in [-0.39, 0.29) is 5.92 Å². The Kier molecular flexibility index (Phi) is 4.21. The summed E-state index contributed by atoms with van der Waals surface area (Å²) in [7, 11) is -3.44. The summed E-state index contributed by atoms with van der Waals surface area (Å²) in [5.41, 5.74) is 2.53. The molecule has 1 aromatic carbocycles. The Morgan fingerprint density at radius 2 is 2.00 bits per heavy atom. The number of sulfonamides is 1. The molecule has 0 amide bonds. The fourth-order valence-corrected chi connectivity index (χ4v) is 2.30. The Bertz CT molecular complexity index is 469. The normalized spacial score (nSPS) is 11.8. The number of hydrogen-bond acceptors (Lipinski definition) is 2. The molecule has 5 heteroatoms. The van der Waals surface area contributed by atoms with Gasteiger partial charge in [0, 0.05) is 0 Å². The molecule has 1 aromatic rings. The van der Waals surface area contributed by atoms with Crippen LogP contribution < -0.4 is 4.72 Å². The standard InChI is InChI=1S/C11H16ClNO2S/c1-8(2)10-6-4-5-9(3)11(10)13-16(14,15)7-12/h4-6,8,13H,7H2,1-3H3. The molecular weight excluding hydrogens is 246 g/mol. The molecule has 0 fully saturated rings. The summed E-state index contributed by atoms with van der Waals surface area (Å²) in [5, 5.41) is -0.432. The number of alkyl halides is 1. The van der Waals surface area contributed by atoms with Gasteiger partial charge in [0.15, 0.2) is 0 Å². The highest BCUT2D eigenvalue weighted by Crippen LogP contribution is 2.28. The van der Waals surface area contributed by atoms with Crippen LogP contribution in [0.3, 0.4) is 0 Å². The van der Waals surface area contributed by atoms with Gasteiger partial charge in [0.05, 0.1) is 5.69 Å². The Labute approximate surface area is 102 Å². The van der Waals surface area contributed by atoms with Gasteiger partial charge in [-0.1, -0.05) is 32.0 Å². The molecule has 90 valence electrons. The van der Waals surface area contributed by atoms with E-state index in [2.05, 4.69) is 4.72 Å². The molecule has 0 aliphatic heterocycles. The maximum absolute atomic E-state index is 11.5. The van der Waals surface area contributed by atoms with Crippen LogP contribution in [0.1, 0.15) is 30.9 Å². The number of anilines is 1. The highest BCUT2D eigenvalue weighted by molar-refractivity contribution is 7.93. The van der Waals surface area contributed by atoms with Gasteiger partial charge in [-0.2, -0.15) is 0 Å². The summed E-state index contributed by atoms with van der Waals surface area (Å²) in [6.45, 7) is 5.92. The molecule has 0 saturated carbocycles. The fraction of sp³-hybridized carbons (Fsp3) is 0.455. The van der Waals surface area contributed by atoms with Crippen LogP contribution in [0.4, 0.5) is 5.69 Å². The van der Waals surface area contributed by atoms with Crippen molar-refractivity contribution in [1.82, 2.24) is 0 Å². The molecule has 0 unspecified atom stereocenters. The summed E-state index contributed by atoms with van der Waals surface area (Å²) < 4.78 is 25.4. The third-order valence-corrected chi connectivity index (χ3v) is 3.99. The summed E-state index contributed by atoms with van der Waals surface area (Å²) in [6, 6.07) is 5.71. The van der Waals surface area contributed by atoms with Crippen molar-refractivity contribution in [1.29, 1.82) is 0 Å². The molecule has 0 radical (unpaired) electrons. The van der Waals surface area contributed by atoms with Crippen molar-refractivity contribution in [3.05, 3.63) is 29.3 Å². The predicted octanol–water partition coefficient (Wildman–Crippen LogP) is 3.06. The number of benzene rings is 1. The third kappa shape index (κ3) is 3.12. The van der Waals surface area contributed by atoms with E-state index in [0.29, 0.717) is 5.69 Å². The molecule has 1 rings (SSSR count). The number of aryl methyl sites for hydroxylation is 1. The zero-order chi connectivity index (χ0) is 12.3. The van der Waals surface area contributed by atoms with Crippen molar-refractivity contribution < 1.29 is 8.42 Å². The molecule has 1 N–H and O–H groups in total. The van der Waals surface area contributed by atoms with Gasteiger partial charge >= 0.3 is 0 Å². The topological polar surface area (TPSA) is 46.2 Å². The summed E-state index contributed by atoms with van der Waals surface area (Å²) >= 11 is 5.38. The minimum absolute atomic E-state index is 0.257. The third-order valence-electron chi connectivity index (χ3n) is 2.33. The Morgan fingerprint density at radius 3 is 2.50 bits per heavy atom. The molecule has 0 bridgehead atoms. The molecular formula is C11H16ClNO2S. The van der Waals surface area contributed by atoms with E-state index < -0.39 is 15.2 Å². The second-order valence-corrected chi connectivity index (χ2v) is 6.33. The van der Waals surface area contributed by atoms with Crippen LogP contribution in [0, 0.1) is 6.92 Å². The number of halogens is 1. The molecule has 0 aromatic heterocycles. The minimum atomic E-state index is -3.44. The van der Waals surface area contributed by atoms with Gasteiger partial charge in [-0.25, -0.2) is 8.42 Å². The predicted molar refractivity (Wildman–Crippen MR) is 68.5 cm³/mol. The van der Waals surface area contributed by atoms with Crippen LogP contribution in [-0.4, -0.2) is 13.6 Å². The first-order chi connectivity index (χ1) is 7.37. The number of rotatable bonds is 4. The van der Waals surface area contributed by atoms with Gasteiger partial charge in [-0.05, 0) is 24.0 Å². The van der Waals surface area contributed by atoms with Crippen molar-refractivity contribution >= 4 is 27.3 Å². The van der Waals surface area contributed by atoms with E-state index in [9.17, 15) is 8.42 Å². The van der Waals surface area contributed by atoms with Crippen molar-refractivity contribution in [2.24, 2.45) is 0 Å². The lowest BCUT2D eigenvalue weighted by Gasteiger charge is -2.16. The lowest BCUT2D eigenvalue weighted by molar-refractivity contribution is 0.605. The van der Waals surface area contributed by atoms with E-state index >= 15 is 0 Å². The zero-order valence-electron chi connectivity index (χ0n) is 9.62. The van der Waals surface area contributed by atoms with Gasteiger partial charge in [0.1, 0.15) is 5.21 Å². The smallest absolute Gasteiger partial charge is 0.246 e. The largest absolute Gasteiger partial charge is 0.282 e. The second kappa shape index (κ2) is 5.06. The number of para-hydroxylation sites is 1. The Morgan fingerprint density at radius 1 is 1.38 bits per heavy atom. The maximum Gasteiger partial charge on any atom is 0.246 e. The highest BCUT2D eigenvalue weighted by atomic mass is 35.5. The van der Waals surface area contributed by atoms with Gasteiger partial charge < -0.3 is 0 Å². The molecule has 0 aliphatic rings. The molecule has 16 heavy (non-hydrogen) atoms. The molecule has 0 atom stereocenters. The van der Waals surface area contributed by atoms with E-state index in [0.717, 1.165) is 11.1 Å². The van der Waals surface area contributed by atoms with Crippen LogP contribution in [0.2, 0.25) is 0 Å². The number of nitrogens with one attached hydrogen (secondary N) is 1. The fourth-order valence-electron chi connectivity index (χ4n) is 1.49. The Hall–Kier alpha value is -0.740. The minimum Gasteiger partial charge on any atom is -0.282 e. The molecule has 0 heterocycles. The lowest BCUT2D eigenvalue weighted by atomic mass is 9.99. The van der Waals surface area contributed by atoms with Crippen molar-refractivity contribution in [2.45, 2.75) is 26.7 Å². The molecule has 0 spiro atoms. The first kappa shape index (κ1) is 13.3. The van der Waals surface area contributed by atoms with Crippen molar-refractivity contribution in [3.8, 4) is 0 Å². The monoisotopic (exact) mass is 261 g/mol. The van der Waals surface area contributed by atoms with E-state index in [1.165, 1.54) is 0 Å². The summed E-state index contributed by atoms with van der Waals surface area (Å²) in [6.07, 6.45) is 0. The van der Waals surface area contributed by atoms with E-state index in [1.54, 1.807) is 0 Å². The highest BCUT2D eigenvalue weighted by Gasteiger charge is 2.14. The molecule has 3 nitrogen and oxygen atoms in total. The first-order valence-electron chi connectivity index (χ1n) is 5.03. The Balaban J connectivity index is 3.21. The van der Waals surface area contributed by atoms with Crippen LogP contribution in [0.25, 0.3) is 0 Å². The summed E-state index contributed by atoms with van der Waals surface area (Å²) in [5.74, 6) is 0.257. The van der Waals surface area contributed by atoms with Crippen molar-refractivity contribution in [3.63, 3.8) is 0 Å². The van der Waals surface area contributed by atoms with Crippen LogP contribution >= 0.6 is 11.6 Å². The van der Waals surface area contributed by atoms with E-state index in [4.69, 9.17) is 11.6 Å². The van der Waals surface area contributed by atoms with Gasteiger partial charge in [-0.3, -0.25) is 4.72 Å². The number of hydrogen-bond donors (Lipinski definition) is 1. The average molecular weight is 262 g/mol. The average Bonchev–Trinajstić information content (AvgIpc) is 2.20. The van der Waals surface area contributed by atoms with Crippen LogP contribution in [0.5, 0.6) is 0 Å². The van der Waals surface area contributed by atoms with Gasteiger partial charge in [0.25, 0.3) is 0 Å². The van der Waals surface area contributed by atoms with Gasteiger partial charge in [0.2, 0.25) is 10.0 Å². The van der Waals surface area contributed by atoms with E-state index in [1.807, 2.05) is 39.0 Å². The van der Waals surface area contributed by atoms with Crippen LogP contribution in [-0.2, 0) is 10.0 Å². The zero-order valence-corrected chi connectivity index (χ0v) is 11.2.